The molecule has 0 saturated carbocycles. The molecule has 124 valence electrons. The number of rotatable bonds is 4. The van der Waals surface area contributed by atoms with Crippen LogP contribution in [0.15, 0.2) is 23.1 Å². The van der Waals surface area contributed by atoms with E-state index in [4.69, 9.17) is 31.0 Å². The maximum Gasteiger partial charge on any atom is 0.294 e. The minimum Gasteiger partial charge on any atom is -0.320 e. The third-order valence-corrected chi connectivity index (χ3v) is 4.99. The van der Waals surface area contributed by atoms with E-state index in [-0.39, 0.29) is 11.6 Å². The van der Waals surface area contributed by atoms with Crippen molar-refractivity contribution in [2.75, 3.05) is 11.4 Å². The Kier molecular flexibility index (Phi) is 4.93. The smallest absolute Gasteiger partial charge is 0.294 e. The average Bonchev–Trinajstić information content (AvgIpc) is 2.95. The Morgan fingerprint density at radius 3 is 2.67 bits per heavy atom. The molecule has 0 fully saturated rings. The summed E-state index contributed by atoms with van der Waals surface area (Å²) in [4.78, 5) is 19.1. The van der Waals surface area contributed by atoms with E-state index in [2.05, 4.69) is 18.8 Å². The van der Waals surface area contributed by atoms with Crippen molar-refractivity contribution in [1.29, 1.82) is 0 Å². The normalized spacial score (nSPS) is 13.6. The first-order valence-corrected chi connectivity index (χ1v) is 8.85. The van der Waals surface area contributed by atoms with E-state index in [1.807, 2.05) is 11.0 Å². The van der Waals surface area contributed by atoms with E-state index >= 15 is 0 Å². The molecule has 0 bridgehead atoms. The standard InChI is InChI=1S/C17H18BCl2N3O/c1-3-12(4-2)23-9-14(20)21-16(17(23)24)22-6-5-10-7-11(18)8-13(19)15(10)22/h7-9,12H,3-6H2,1-2H3. The van der Waals surface area contributed by atoms with Gasteiger partial charge in [-0.05, 0) is 30.9 Å². The first kappa shape index (κ1) is 17.4. The van der Waals surface area contributed by atoms with Gasteiger partial charge in [-0.3, -0.25) is 4.79 Å². The summed E-state index contributed by atoms with van der Waals surface area (Å²) in [6.45, 7) is 4.74. The molecular weight excluding hydrogens is 344 g/mol. The Hall–Kier alpha value is -1.46. The van der Waals surface area contributed by atoms with Gasteiger partial charge in [0.15, 0.2) is 0 Å². The molecule has 2 radical (unpaired) electrons. The first-order chi connectivity index (χ1) is 11.5. The predicted octanol–water partition coefficient (Wildman–Crippen LogP) is 3.40. The zero-order chi connectivity index (χ0) is 17.4. The third-order valence-electron chi connectivity index (χ3n) is 4.52. The number of aromatic nitrogens is 2. The van der Waals surface area contributed by atoms with Crippen LogP contribution in [0.4, 0.5) is 11.5 Å². The van der Waals surface area contributed by atoms with Crippen molar-refractivity contribution in [3.8, 4) is 0 Å². The zero-order valence-corrected chi connectivity index (χ0v) is 15.2. The molecule has 1 aromatic carbocycles. The maximum absolute atomic E-state index is 13.0. The summed E-state index contributed by atoms with van der Waals surface area (Å²) in [5.74, 6) is 0.319. The van der Waals surface area contributed by atoms with Crippen LogP contribution in [0.3, 0.4) is 0 Å². The lowest BCUT2D eigenvalue weighted by molar-refractivity contribution is 0.456. The van der Waals surface area contributed by atoms with Crippen LogP contribution in [-0.4, -0.2) is 23.9 Å². The van der Waals surface area contributed by atoms with Crippen LogP contribution in [0, 0.1) is 0 Å². The van der Waals surface area contributed by atoms with Crippen molar-refractivity contribution in [2.45, 2.75) is 39.2 Å². The first-order valence-electron chi connectivity index (χ1n) is 8.10. The summed E-state index contributed by atoms with van der Waals surface area (Å²) in [5.41, 5.74) is 2.30. The highest BCUT2D eigenvalue weighted by Crippen LogP contribution is 2.37. The molecule has 0 unspecified atom stereocenters. The fourth-order valence-corrected chi connectivity index (χ4v) is 3.86. The topological polar surface area (TPSA) is 38.1 Å². The lowest BCUT2D eigenvalue weighted by atomic mass is 9.93. The molecule has 0 amide bonds. The van der Waals surface area contributed by atoms with Gasteiger partial charge < -0.3 is 9.47 Å². The Balaban J connectivity index is 2.15. The quantitative estimate of drug-likeness (QED) is 0.783. The van der Waals surface area contributed by atoms with Gasteiger partial charge in [0.05, 0.1) is 10.7 Å². The molecule has 0 saturated heterocycles. The lowest BCUT2D eigenvalue weighted by Crippen LogP contribution is -2.31. The molecule has 2 heterocycles. The van der Waals surface area contributed by atoms with E-state index in [9.17, 15) is 4.79 Å². The van der Waals surface area contributed by atoms with E-state index < -0.39 is 0 Å². The fraction of sp³-hybridized carbons (Fsp3) is 0.412. The Morgan fingerprint density at radius 1 is 1.29 bits per heavy atom. The zero-order valence-electron chi connectivity index (χ0n) is 13.7. The molecular formula is C17H18BCl2N3O. The monoisotopic (exact) mass is 361 g/mol. The van der Waals surface area contributed by atoms with Crippen LogP contribution >= 0.6 is 23.2 Å². The predicted molar refractivity (Wildman–Crippen MR) is 101 cm³/mol. The molecule has 1 aromatic heterocycles. The summed E-state index contributed by atoms with van der Waals surface area (Å²) < 4.78 is 1.69. The van der Waals surface area contributed by atoms with Gasteiger partial charge in [-0.25, -0.2) is 4.98 Å². The molecule has 1 aliphatic rings. The molecule has 0 atom stereocenters. The second-order valence-electron chi connectivity index (χ2n) is 5.98. The van der Waals surface area contributed by atoms with Crippen molar-refractivity contribution in [2.24, 2.45) is 0 Å². The van der Waals surface area contributed by atoms with E-state index in [1.54, 1.807) is 16.8 Å². The summed E-state index contributed by atoms with van der Waals surface area (Å²) >= 11 is 12.6. The van der Waals surface area contributed by atoms with Gasteiger partial charge in [0, 0.05) is 18.8 Å². The van der Waals surface area contributed by atoms with Crippen molar-refractivity contribution < 1.29 is 0 Å². The van der Waals surface area contributed by atoms with Gasteiger partial charge in [0.2, 0.25) is 5.82 Å². The molecule has 2 aromatic rings. The second kappa shape index (κ2) is 6.81. The summed E-state index contributed by atoms with van der Waals surface area (Å²) in [6, 6.07) is 3.69. The van der Waals surface area contributed by atoms with Gasteiger partial charge in [-0.1, -0.05) is 48.6 Å². The molecule has 1 aliphatic heterocycles. The van der Waals surface area contributed by atoms with Gasteiger partial charge in [0.1, 0.15) is 13.0 Å². The minimum atomic E-state index is -0.145. The van der Waals surface area contributed by atoms with Crippen LogP contribution in [0.25, 0.3) is 0 Å². The molecule has 0 spiro atoms. The van der Waals surface area contributed by atoms with E-state index in [0.717, 1.165) is 30.5 Å². The molecule has 7 heteroatoms. The highest BCUT2D eigenvalue weighted by molar-refractivity contribution is 6.38. The van der Waals surface area contributed by atoms with Crippen LogP contribution in [0.5, 0.6) is 0 Å². The molecule has 3 rings (SSSR count). The number of hydrogen-bond donors (Lipinski definition) is 0. The Morgan fingerprint density at radius 2 is 2.00 bits per heavy atom. The Labute approximate surface area is 152 Å². The SMILES string of the molecule is [B]c1cc(Cl)c2c(c1)CCN2c1nc(Cl)cn(C(CC)CC)c1=O. The van der Waals surface area contributed by atoms with Crippen molar-refractivity contribution in [1.82, 2.24) is 9.55 Å². The summed E-state index contributed by atoms with van der Waals surface area (Å²) in [5, 5.41) is 0.828. The molecule has 0 N–H and O–H groups in total. The van der Waals surface area contributed by atoms with Gasteiger partial charge in [0.25, 0.3) is 5.56 Å². The van der Waals surface area contributed by atoms with E-state index in [0.29, 0.717) is 28.0 Å². The summed E-state index contributed by atoms with van der Waals surface area (Å²) in [7, 11) is 5.86. The largest absolute Gasteiger partial charge is 0.320 e. The third kappa shape index (κ3) is 2.95. The number of fused-ring (bicyclic) bond motifs is 1. The van der Waals surface area contributed by atoms with Crippen LogP contribution < -0.4 is 15.9 Å². The number of nitrogens with zero attached hydrogens (tertiary/aromatic N) is 3. The number of anilines is 2. The maximum atomic E-state index is 13.0. The highest BCUT2D eigenvalue weighted by Gasteiger charge is 2.28. The second-order valence-corrected chi connectivity index (χ2v) is 6.78. The van der Waals surface area contributed by atoms with Gasteiger partial charge in [-0.2, -0.15) is 0 Å². The van der Waals surface area contributed by atoms with Crippen LogP contribution in [0.2, 0.25) is 10.2 Å². The molecule has 0 aliphatic carbocycles. The van der Waals surface area contributed by atoms with Crippen molar-refractivity contribution >= 4 is 48.0 Å². The van der Waals surface area contributed by atoms with Gasteiger partial charge >= 0.3 is 0 Å². The van der Waals surface area contributed by atoms with Crippen molar-refractivity contribution in [3.63, 3.8) is 0 Å². The van der Waals surface area contributed by atoms with Crippen molar-refractivity contribution in [3.05, 3.63) is 44.4 Å². The lowest BCUT2D eigenvalue weighted by Gasteiger charge is -2.23. The fourth-order valence-electron chi connectivity index (χ4n) is 3.32. The molecule has 4 nitrogen and oxygen atoms in total. The van der Waals surface area contributed by atoms with Crippen LogP contribution in [-0.2, 0) is 6.42 Å². The summed E-state index contributed by atoms with van der Waals surface area (Å²) in [6.07, 6.45) is 4.08. The minimum absolute atomic E-state index is 0.0979. The number of halogens is 2. The number of hydrogen-bond acceptors (Lipinski definition) is 3. The number of benzene rings is 1. The highest BCUT2D eigenvalue weighted by atomic mass is 35.5. The van der Waals surface area contributed by atoms with E-state index in [1.165, 1.54) is 0 Å². The molecule has 24 heavy (non-hydrogen) atoms. The Bertz CT molecular complexity index is 833. The van der Waals surface area contributed by atoms with Gasteiger partial charge in [-0.15, -0.1) is 0 Å². The van der Waals surface area contributed by atoms with Crippen LogP contribution in [0.1, 0.15) is 38.3 Å². The average molecular weight is 362 g/mol.